The molecule has 2 atom stereocenters. The second kappa shape index (κ2) is 24.0. The Morgan fingerprint density at radius 2 is 1.00 bits per heavy atom. The topological polar surface area (TPSA) is 192 Å². The number of hydrogen-bond acceptors (Lipinski definition) is 13. The van der Waals surface area contributed by atoms with Crippen LogP contribution in [0.5, 0.6) is 0 Å². The van der Waals surface area contributed by atoms with E-state index >= 15 is 0 Å². The standard InChI is InChI=1S/C29H35N3O4.C22H29N3O4.CH4/c1-6-29(27(34)36-28(3,4)5,17-16-26(33)35-20-22-10-8-7-9-11-22)24-18-30-19-25(32-24)31-23-14-12-21(2)13-15-23;1-6-22(12-11-19(26)27,20(28)29-21(3,4)5)17-13-23-14-18(25-17)24-16-9-7-15(2)8-10-16;/h7-15,18-19H,6,16-17,20H2,1-5H3,(H,31,32);7-10,13-14H,6,11-12H2,1-5H3,(H,24,25)(H,26,27);1H4. The number of benzene rings is 3. The van der Waals surface area contributed by atoms with Gasteiger partial charge in [-0.25, -0.2) is 9.97 Å². The second-order valence-electron chi connectivity index (χ2n) is 18.0. The van der Waals surface area contributed by atoms with Crippen LogP contribution in [0, 0.1) is 13.8 Å². The summed E-state index contributed by atoms with van der Waals surface area (Å²) in [4.78, 5) is 68.5. The molecule has 0 aliphatic carbocycles. The van der Waals surface area contributed by atoms with Crippen LogP contribution in [0.15, 0.2) is 104 Å². The maximum atomic E-state index is 13.5. The number of esters is 3. The minimum atomic E-state index is -1.19. The number of aliphatic carboxylic acids is 1. The van der Waals surface area contributed by atoms with E-state index in [9.17, 15) is 24.3 Å². The van der Waals surface area contributed by atoms with Crippen molar-refractivity contribution in [2.75, 3.05) is 10.6 Å². The van der Waals surface area contributed by atoms with Crippen LogP contribution in [0.1, 0.15) is 129 Å². The first-order valence-electron chi connectivity index (χ1n) is 21.9. The predicted octanol–water partition coefficient (Wildman–Crippen LogP) is 11.1. The molecule has 66 heavy (non-hydrogen) atoms. The molecule has 0 saturated heterocycles. The van der Waals surface area contributed by atoms with Crippen LogP contribution in [-0.2, 0) is 50.8 Å². The molecular weight excluding hydrogens is 837 g/mol. The Hall–Kier alpha value is -6.70. The monoisotopic (exact) mass is 905 g/mol. The molecule has 2 heterocycles. The molecule has 0 fully saturated rings. The lowest BCUT2D eigenvalue weighted by molar-refractivity contribution is -0.164. The zero-order valence-corrected chi connectivity index (χ0v) is 39.4. The van der Waals surface area contributed by atoms with E-state index in [0.717, 1.165) is 28.1 Å². The van der Waals surface area contributed by atoms with Gasteiger partial charge in [-0.1, -0.05) is 87.0 Å². The molecule has 2 aromatic heterocycles. The predicted molar refractivity (Wildman–Crippen MR) is 258 cm³/mol. The summed E-state index contributed by atoms with van der Waals surface area (Å²) in [6.07, 6.45) is 7.11. The molecule has 3 N–H and O–H groups in total. The molecule has 3 aromatic carbocycles. The van der Waals surface area contributed by atoms with Gasteiger partial charge in [0.25, 0.3) is 0 Å². The van der Waals surface area contributed by atoms with Crippen molar-refractivity contribution in [1.29, 1.82) is 0 Å². The first-order chi connectivity index (χ1) is 30.7. The van der Waals surface area contributed by atoms with E-state index in [1.807, 2.05) is 127 Å². The van der Waals surface area contributed by atoms with Crippen LogP contribution in [0.2, 0.25) is 0 Å². The van der Waals surface area contributed by atoms with E-state index in [-0.39, 0.29) is 45.7 Å². The van der Waals surface area contributed by atoms with Gasteiger partial charge in [-0.05, 0) is 111 Å². The van der Waals surface area contributed by atoms with Crippen molar-refractivity contribution >= 4 is 46.9 Å². The van der Waals surface area contributed by atoms with E-state index in [2.05, 4.69) is 25.6 Å². The van der Waals surface area contributed by atoms with E-state index in [1.54, 1.807) is 39.4 Å². The maximum absolute atomic E-state index is 13.5. The lowest BCUT2D eigenvalue weighted by Gasteiger charge is -2.33. The molecule has 14 nitrogen and oxygen atoms in total. The van der Waals surface area contributed by atoms with Gasteiger partial charge in [0.2, 0.25) is 0 Å². The third-order valence-corrected chi connectivity index (χ3v) is 10.4. The number of hydrogen-bond donors (Lipinski definition) is 3. The average molecular weight is 905 g/mol. The molecule has 0 spiro atoms. The minimum Gasteiger partial charge on any atom is -0.481 e. The summed E-state index contributed by atoms with van der Waals surface area (Å²) in [6, 6.07) is 25.2. The van der Waals surface area contributed by atoms with Gasteiger partial charge in [0.05, 0.1) is 23.8 Å². The molecule has 354 valence electrons. The van der Waals surface area contributed by atoms with Gasteiger partial charge in [0, 0.05) is 36.6 Å². The van der Waals surface area contributed by atoms with Crippen LogP contribution < -0.4 is 10.6 Å². The molecule has 14 heteroatoms. The van der Waals surface area contributed by atoms with Crippen molar-refractivity contribution in [3.8, 4) is 0 Å². The Bertz CT molecular complexity index is 2340. The number of rotatable bonds is 18. The fraction of sp³-hybridized carbons (Fsp3) is 0.423. The summed E-state index contributed by atoms with van der Waals surface area (Å²) >= 11 is 0. The van der Waals surface area contributed by atoms with Crippen LogP contribution in [-0.4, -0.2) is 60.1 Å². The molecule has 0 aliphatic rings. The van der Waals surface area contributed by atoms with Gasteiger partial charge >= 0.3 is 23.9 Å². The number of aryl methyl sites for hydroxylation is 2. The van der Waals surface area contributed by atoms with Gasteiger partial charge in [-0.15, -0.1) is 0 Å². The van der Waals surface area contributed by atoms with E-state index in [4.69, 9.17) is 19.2 Å². The van der Waals surface area contributed by atoms with Crippen molar-refractivity contribution in [2.45, 2.75) is 144 Å². The van der Waals surface area contributed by atoms with Crippen LogP contribution >= 0.6 is 0 Å². The normalized spacial score (nSPS) is 12.9. The smallest absolute Gasteiger partial charge is 0.318 e. The highest BCUT2D eigenvalue weighted by Gasteiger charge is 2.45. The third-order valence-electron chi connectivity index (χ3n) is 10.4. The molecule has 5 aromatic rings. The van der Waals surface area contributed by atoms with Gasteiger partial charge in [-0.2, -0.15) is 0 Å². The molecule has 0 amide bonds. The molecule has 0 saturated carbocycles. The summed E-state index contributed by atoms with van der Waals surface area (Å²) in [6.45, 7) is 18.7. The highest BCUT2D eigenvalue weighted by Crippen LogP contribution is 2.37. The number of ether oxygens (including phenoxy) is 3. The fourth-order valence-electron chi connectivity index (χ4n) is 6.75. The number of anilines is 4. The van der Waals surface area contributed by atoms with Crippen molar-refractivity contribution < 1.29 is 38.5 Å². The van der Waals surface area contributed by atoms with Gasteiger partial charge < -0.3 is 30.0 Å². The summed E-state index contributed by atoms with van der Waals surface area (Å²) in [5, 5.41) is 15.6. The number of nitrogens with zero attached hydrogens (tertiary/aromatic N) is 4. The highest BCUT2D eigenvalue weighted by molar-refractivity contribution is 5.85. The lowest BCUT2D eigenvalue weighted by atomic mass is 9.77. The number of aromatic nitrogens is 4. The molecule has 0 radical (unpaired) electrons. The maximum Gasteiger partial charge on any atom is 0.318 e. The number of carboxylic acids is 1. The Balaban J connectivity index is 0.000000353. The first-order valence-corrected chi connectivity index (χ1v) is 21.9. The van der Waals surface area contributed by atoms with Crippen LogP contribution in [0.4, 0.5) is 23.0 Å². The number of carbonyl (C=O) groups is 4. The Kier molecular flexibility index (Phi) is 19.5. The van der Waals surface area contributed by atoms with Crippen molar-refractivity contribution in [2.24, 2.45) is 0 Å². The lowest BCUT2D eigenvalue weighted by Crippen LogP contribution is -2.42. The van der Waals surface area contributed by atoms with E-state index in [1.165, 1.54) is 6.20 Å². The molecular formula is C52H68N6O8. The zero-order valence-electron chi connectivity index (χ0n) is 39.4. The SMILES string of the molecule is C.CCC(CCC(=O)O)(C(=O)OC(C)(C)C)c1cncc(Nc2ccc(C)cc2)n1.CCC(CCC(=O)OCc1ccccc1)(C(=O)OC(C)(C)C)c1cncc(Nc2ccc(C)cc2)n1. The quantitative estimate of drug-likeness (QED) is 0.0555. The van der Waals surface area contributed by atoms with Crippen molar-refractivity contribution in [1.82, 2.24) is 19.9 Å². The minimum absolute atomic E-state index is 0. The molecule has 0 aliphatic heterocycles. The van der Waals surface area contributed by atoms with Crippen molar-refractivity contribution in [3.05, 3.63) is 132 Å². The summed E-state index contributed by atoms with van der Waals surface area (Å²) in [5.74, 6) is -1.31. The van der Waals surface area contributed by atoms with Gasteiger partial charge in [0.1, 0.15) is 40.3 Å². The highest BCUT2D eigenvalue weighted by atomic mass is 16.6. The molecule has 5 rings (SSSR count). The van der Waals surface area contributed by atoms with E-state index < -0.39 is 39.9 Å². The van der Waals surface area contributed by atoms with E-state index in [0.29, 0.717) is 35.9 Å². The summed E-state index contributed by atoms with van der Waals surface area (Å²) in [5.41, 5.74) is 1.99. The summed E-state index contributed by atoms with van der Waals surface area (Å²) < 4.78 is 16.9. The number of carbonyl (C=O) groups excluding carboxylic acids is 3. The molecule has 2 unspecified atom stereocenters. The zero-order chi connectivity index (χ0) is 47.8. The fourth-order valence-corrected chi connectivity index (χ4v) is 6.75. The Labute approximate surface area is 390 Å². The van der Waals surface area contributed by atoms with Crippen molar-refractivity contribution in [3.63, 3.8) is 0 Å². The Morgan fingerprint density at radius 1 is 0.591 bits per heavy atom. The number of carboxylic acid groups (broad SMARTS) is 1. The largest absolute Gasteiger partial charge is 0.481 e. The van der Waals surface area contributed by atoms with Gasteiger partial charge in [0.15, 0.2) is 0 Å². The van der Waals surface area contributed by atoms with Crippen LogP contribution in [0.3, 0.4) is 0 Å². The second-order valence-corrected chi connectivity index (χ2v) is 18.0. The summed E-state index contributed by atoms with van der Waals surface area (Å²) in [7, 11) is 0. The first kappa shape index (κ1) is 53.6. The molecule has 0 bridgehead atoms. The Morgan fingerprint density at radius 3 is 1.38 bits per heavy atom. The van der Waals surface area contributed by atoms with Gasteiger partial charge in [-0.3, -0.25) is 29.1 Å². The number of nitrogens with one attached hydrogen (secondary N) is 2. The average Bonchev–Trinajstić information content (AvgIpc) is 3.25. The third kappa shape index (κ3) is 16.1. The van der Waals surface area contributed by atoms with Crippen LogP contribution in [0.25, 0.3) is 0 Å².